The second-order valence-electron chi connectivity index (χ2n) is 7.89. The summed E-state index contributed by atoms with van der Waals surface area (Å²) in [6.07, 6.45) is 2.30. The first kappa shape index (κ1) is 21.4. The maximum absolute atomic E-state index is 13.5. The molecule has 0 unspecified atom stereocenters. The van der Waals surface area contributed by atoms with Gasteiger partial charge in [-0.1, -0.05) is 30.3 Å². The summed E-state index contributed by atoms with van der Waals surface area (Å²) in [5.74, 6) is 1.67. The fourth-order valence-corrected chi connectivity index (χ4v) is 4.93. The van der Waals surface area contributed by atoms with Crippen LogP contribution in [0.4, 0.5) is 0 Å². The second kappa shape index (κ2) is 9.52. The van der Waals surface area contributed by atoms with Gasteiger partial charge in [0.1, 0.15) is 5.56 Å². The predicted octanol–water partition coefficient (Wildman–Crippen LogP) is 3.69. The van der Waals surface area contributed by atoms with Gasteiger partial charge < -0.3 is 9.47 Å². The molecule has 0 atom stereocenters. The molecule has 1 amide bonds. The summed E-state index contributed by atoms with van der Waals surface area (Å²) < 4.78 is 2.09. The number of pyridine rings is 2. The molecular weight excluding hydrogens is 406 g/mol. The lowest BCUT2D eigenvalue weighted by Gasteiger charge is -2.28. The lowest BCUT2D eigenvalue weighted by Crippen LogP contribution is -2.41. The molecule has 1 saturated heterocycles. The third-order valence-corrected chi connectivity index (χ3v) is 6.75. The van der Waals surface area contributed by atoms with Gasteiger partial charge in [0.2, 0.25) is 0 Å². The van der Waals surface area contributed by atoms with Crippen LogP contribution in [0.2, 0.25) is 0 Å². The molecule has 5 nitrogen and oxygen atoms in total. The van der Waals surface area contributed by atoms with Gasteiger partial charge in [0.05, 0.1) is 12.2 Å². The number of aromatic nitrogens is 2. The molecule has 3 heterocycles. The maximum atomic E-state index is 13.5. The van der Waals surface area contributed by atoms with Crippen LogP contribution in [0.25, 0.3) is 0 Å². The molecule has 0 spiro atoms. The summed E-state index contributed by atoms with van der Waals surface area (Å²) in [7, 11) is 0. The van der Waals surface area contributed by atoms with Gasteiger partial charge >= 0.3 is 0 Å². The number of carbonyl (C=O) groups is 1. The van der Waals surface area contributed by atoms with E-state index in [1.54, 1.807) is 12.3 Å². The van der Waals surface area contributed by atoms with Gasteiger partial charge in [-0.3, -0.25) is 14.6 Å². The lowest BCUT2D eigenvalue weighted by molar-refractivity contribution is 0.0769. The van der Waals surface area contributed by atoms with Crippen LogP contribution in [0.15, 0.2) is 59.5 Å². The van der Waals surface area contributed by atoms with E-state index in [0.717, 1.165) is 39.7 Å². The Balaban J connectivity index is 1.86. The third-order valence-electron chi connectivity index (χ3n) is 5.80. The number of aryl methyl sites for hydroxylation is 2. The maximum Gasteiger partial charge on any atom is 0.259 e. The van der Waals surface area contributed by atoms with Crippen molar-refractivity contribution in [1.82, 2.24) is 14.5 Å². The van der Waals surface area contributed by atoms with Gasteiger partial charge in [-0.15, -0.1) is 0 Å². The highest BCUT2D eigenvalue weighted by Crippen LogP contribution is 2.21. The van der Waals surface area contributed by atoms with Crippen molar-refractivity contribution in [3.05, 3.63) is 98.7 Å². The fraction of sp³-hybridized carbons (Fsp3) is 0.320. The van der Waals surface area contributed by atoms with Crippen LogP contribution in [0.5, 0.6) is 0 Å². The van der Waals surface area contributed by atoms with Crippen molar-refractivity contribution in [2.24, 2.45) is 0 Å². The van der Waals surface area contributed by atoms with Gasteiger partial charge in [0.15, 0.2) is 5.43 Å². The lowest BCUT2D eigenvalue weighted by atomic mass is 9.99. The molecule has 0 saturated carbocycles. The average molecular weight is 434 g/mol. The Morgan fingerprint density at radius 1 is 1.06 bits per heavy atom. The molecule has 0 aliphatic carbocycles. The minimum Gasteiger partial charge on any atom is -0.342 e. The molecule has 31 heavy (non-hydrogen) atoms. The Labute approximate surface area is 187 Å². The highest BCUT2D eigenvalue weighted by atomic mass is 32.2. The fourth-order valence-electron chi connectivity index (χ4n) is 4.03. The van der Waals surface area contributed by atoms with E-state index in [0.29, 0.717) is 31.6 Å². The molecule has 1 aliphatic rings. The van der Waals surface area contributed by atoms with E-state index in [2.05, 4.69) is 28.6 Å². The number of carbonyl (C=O) groups excluding carboxylic acids is 1. The summed E-state index contributed by atoms with van der Waals surface area (Å²) in [4.78, 5) is 33.0. The van der Waals surface area contributed by atoms with Crippen LogP contribution in [0.1, 0.15) is 38.6 Å². The van der Waals surface area contributed by atoms with E-state index < -0.39 is 0 Å². The van der Waals surface area contributed by atoms with E-state index in [-0.39, 0.29) is 11.3 Å². The van der Waals surface area contributed by atoms with Crippen molar-refractivity contribution in [3.63, 3.8) is 0 Å². The molecule has 0 radical (unpaired) electrons. The molecule has 6 heteroatoms. The SMILES string of the molecule is Cc1ccccc1Cc1c(C(=O)N2CCSCC2)c(=O)cc(C)n1Cc1ccccn1. The first-order valence-electron chi connectivity index (χ1n) is 10.6. The van der Waals surface area contributed by atoms with E-state index in [4.69, 9.17) is 0 Å². The summed E-state index contributed by atoms with van der Waals surface area (Å²) in [6.45, 7) is 5.87. The van der Waals surface area contributed by atoms with Crippen LogP contribution in [-0.2, 0) is 13.0 Å². The number of rotatable bonds is 5. The minimum absolute atomic E-state index is 0.149. The van der Waals surface area contributed by atoms with Gasteiger partial charge in [-0.2, -0.15) is 11.8 Å². The number of benzene rings is 1. The van der Waals surface area contributed by atoms with Crippen molar-refractivity contribution < 1.29 is 4.79 Å². The van der Waals surface area contributed by atoms with E-state index in [1.165, 1.54) is 0 Å². The molecule has 4 rings (SSSR count). The highest BCUT2D eigenvalue weighted by molar-refractivity contribution is 7.99. The van der Waals surface area contributed by atoms with E-state index in [1.807, 2.05) is 53.9 Å². The zero-order valence-electron chi connectivity index (χ0n) is 18.0. The van der Waals surface area contributed by atoms with Crippen molar-refractivity contribution in [2.45, 2.75) is 26.8 Å². The van der Waals surface area contributed by atoms with Gasteiger partial charge in [0.25, 0.3) is 5.91 Å². The molecule has 160 valence electrons. The van der Waals surface area contributed by atoms with E-state index >= 15 is 0 Å². The van der Waals surface area contributed by atoms with Crippen molar-refractivity contribution in [1.29, 1.82) is 0 Å². The average Bonchev–Trinajstić information content (AvgIpc) is 2.79. The highest BCUT2D eigenvalue weighted by Gasteiger charge is 2.26. The normalized spacial score (nSPS) is 13.9. The molecule has 0 bridgehead atoms. The van der Waals surface area contributed by atoms with Crippen LogP contribution < -0.4 is 5.43 Å². The Morgan fingerprint density at radius 3 is 2.52 bits per heavy atom. The molecule has 0 N–H and O–H groups in total. The number of hydrogen-bond donors (Lipinski definition) is 0. The Hall–Kier alpha value is -2.86. The molecular formula is C25H27N3O2S. The molecule has 1 fully saturated rings. The van der Waals surface area contributed by atoms with Crippen molar-refractivity contribution >= 4 is 17.7 Å². The van der Waals surface area contributed by atoms with Crippen LogP contribution in [0.3, 0.4) is 0 Å². The molecule has 3 aromatic rings. The summed E-state index contributed by atoms with van der Waals surface area (Å²) >= 11 is 1.85. The minimum atomic E-state index is -0.193. The standard InChI is InChI=1S/C25H27N3O2S/c1-18-7-3-4-8-20(18)16-22-24(25(30)27-11-13-31-14-12-27)23(29)15-19(2)28(22)17-21-9-5-6-10-26-21/h3-10,15H,11-14,16-17H2,1-2H3. The van der Waals surface area contributed by atoms with Crippen molar-refractivity contribution in [3.8, 4) is 0 Å². The Morgan fingerprint density at radius 2 is 1.81 bits per heavy atom. The van der Waals surface area contributed by atoms with Crippen LogP contribution in [-0.4, -0.2) is 45.0 Å². The van der Waals surface area contributed by atoms with Gasteiger partial charge in [-0.05, 0) is 37.1 Å². The third kappa shape index (κ3) is 4.74. The quantitative estimate of drug-likeness (QED) is 0.616. The number of thioether (sulfide) groups is 1. The zero-order chi connectivity index (χ0) is 21.8. The van der Waals surface area contributed by atoms with Crippen LogP contribution >= 0.6 is 11.8 Å². The largest absolute Gasteiger partial charge is 0.342 e. The first-order valence-corrected chi connectivity index (χ1v) is 11.7. The van der Waals surface area contributed by atoms with Gasteiger partial charge in [-0.25, -0.2) is 0 Å². The molecule has 1 aromatic carbocycles. The zero-order valence-corrected chi connectivity index (χ0v) is 18.8. The van der Waals surface area contributed by atoms with E-state index in [9.17, 15) is 9.59 Å². The summed E-state index contributed by atoms with van der Waals surface area (Å²) in [5.41, 5.74) is 4.88. The first-order chi connectivity index (χ1) is 15.0. The van der Waals surface area contributed by atoms with Crippen molar-refractivity contribution in [2.75, 3.05) is 24.6 Å². The molecule has 2 aromatic heterocycles. The predicted molar refractivity (Wildman–Crippen MR) is 126 cm³/mol. The molecule has 1 aliphatic heterocycles. The number of amides is 1. The second-order valence-corrected chi connectivity index (χ2v) is 9.11. The number of nitrogens with zero attached hydrogens (tertiary/aromatic N) is 3. The summed E-state index contributed by atoms with van der Waals surface area (Å²) in [5, 5.41) is 0. The Bertz CT molecular complexity index is 1140. The van der Waals surface area contributed by atoms with Crippen LogP contribution in [0, 0.1) is 13.8 Å². The Kier molecular flexibility index (Phi) is 6.56. The monoisotopic (exact) mass is 433 g/mol. The number of hydrogen-bond acceptors (Lipinski definition) is 4. The smallest absolute Gasteiger partial charge is 0.259 e. The topological polar surface area (TPSA) is 55.2 Å². The van der Waals surface area contributed by atoms with Gasteiger partial charge in [0, 0.05) is 54.7 Å². The summed E-state index contributed by atoms with van der Waals surface area (Å²) in [6, 6.07) is 15.6.